The molecule has 0 fully saturated rings. The summed E-state index contributed by atoms with van der Waals surface area (Å²) < 4.78 is 0. The fourth-order valence-electron chi connectivity index (χ4n) is 1.67. The van der Waals surface area contributed by atoms with E-state index in [0.29, 0.717) is 0 Å². The molecule has 0 N–H and O–H groups in total. The highest BCUT2D eigenvalue weighted by Crippen LogP contribution is 2.11. The van der Waals surface area contributed by atoms with Crippen LogP contribution in [0.15, 0.2) is 78.9 Å². The Balaban J connectivity index is 0. The van der Waals surface area contributed by atoms with E-state index in [2.05, 4.69) is 81.4 Å². The Bertz CT molecular complexity index is 529. The van der Waals surface area contributed by atoms with Crippen LogP contribution in [0.2, 0.25) is 0 Å². The summed E-state index contributed by atoms with van der Waals surface area (Å²) in [6, 6.07) is 27.0. The molecular weight excluding hydrogens is 300 g/mol. The van der Waals surface area contributed by atoms with Gasteiger partial charge in [0, 0.05) is 0 Å². The minimum Gasteiger partial charge on any atom is -0.0683 e. The Labute approximate surface area is 156 Å². The number of unbranched alkanes of at least 4 members (excludes halogenated alkanes) is 1. The molecule has 0 bridgehead atoms. The van der Waals surface area contributed by atoms with E-state index in [4.69, 9.17) is 0 Å². The van der Waals surface area contributed by atoms with Gasteiger partial charge in [-0.25, -0.2) is 0 Å². The first-order chi connectivity index (χ1) is 12.3. The Morgan fingerprint density at radius 2 is 0.760 bits per heavy atom. The lowest BCUT2D eigenvalue weighted by Crippen LogP contribution is -1.67. The van der Waals surface area contributed by atoms with Crippen LogP contribution in [0.3, 0.4) is 0 Å². The van der Waals surface area contributed by atoms with E-state index in [9.17, 15) is 0 Å². The number of fused-ring (bicyclic) bond motifs is 1. The van der Waals surface area contributed by atoms with E-state index in [-0.39, 0.29) is 0 Å². The van der Waals surface area contributed by atoms with Crippen molar-refractivity contribution in [2.75, 3.05) is 0 Å². The summed E-state index contributed by atoms with van der Waals surface area (Å²) >= 11 is 0. The molecule has 0 spiro atoms. The molecule has 3 aromatic carbocycles. The van der Waals surface area contributed by atoms with Crippen LogP contribution >= 0.6 is 0 Å². The molecule has 0 heterocycles. The maximum Gasteiger partial charge on any atom is -0.0184 e. The molecule has 0 aromatic heterocycles. The van der Waals surface area contributed by atoms with E-state index < -0.39 is 0 Å². The van der Waals surface area contributed by atoms with Crippen molar-refractivity contribution < 1.29 is 0 Å². The van der Waals surface area contributed by atoms with Gasteiger partial charge in [-0.3, -0.25) is 0 Å². The summed E-state index contributed by atoms with van der Waals surface area (Å²) in [4.78, 5) is 0. The quantitative estimate of drug-likeness (QED) is 0.416. The van der Waals surface area contributed by atoms with Crippen molar-refractivity contribution in [3.05, 3.63) is 84.4 Å². The van der Waals surface area contributed by atoms with Crippen molar-refractivity contribution in [1.82, 2.24) is 0 Å². The molecular formula is C25H38. The molecule has 25 heavy (non-hydrogen) atoms. The molecule has 0 aliphatic carbocycles. The third-order valence-corrected chi connectivity index (χ3v) is 3.10. The number of benzene rings is 3. The molecule has 0 aliphatic rings. The van der Waals surface area contributed by atoms with Gasteiger partial charge in [-0.1, -0.05) is 139 Å². The van der Waals surface area contributed by atoms with E-state index in [1.807, 2.05) is 45.9 Å². The van der Waals surface area contributed by atoms with Gasteiger partial charge in [0.2, 0.25) is 0 Å². The molecule has 3 rings (SSSR count). The highest BCUT2D eigenvalue weighted by atomic mass is 13.9. The number of rotatable bonds is 1. The SMILES string of the molecule is CC.CC.CCCC.Cc1ccccc1.c1ccc2ccccc2c1. The molecule has 0 aliphatic heterocycles. The summed E-state index contributed by atoms with van der Waals surface area (Å²) in [5.74, 6) is 0. The zero-order valence-corrected chi connectivity index (χ0v) is 17.4. The van der Waals surface area contributed by atoms with Crippen molar-refractivity contribution in [3.8, 4) is 0 Å². The lowest BCUT2D eigenvalue weighted by molar-refractivity contribution is 0.886. The minimum absolute atomic E-state index is 1.31. The minimum atomic E-state index is 1.31. The predicted octanol–water partition coefficient (Wildman–Crippen LogP) is 8.69. The normalized spacial score (nSPS) is 8.12. The predicted molar refractivity (Wildman–Crippen MR) is 118 cm³/mol. The molecule has 138 valence electrons. The Morgan fingerprint density at radius 1 is 0.480 bits per heavy atom. The van der Waals surface area contributed by atoms with Crippen molar-refractivity contribution in [2.45, 2.75) is 61.3 Å². The Kier molecular flexibility index (Phi) is 20.1. The molecule has 3 aromatic rings. The maximum atomic E-state index is 2.18. The molecule has 0 saturated heterocycles. The van der Waals surface area contributed by atoms with Gasteiger partial charge in [0.25, 0.3) is 0 Å². The van der Waals surface area contributed by atoms with Crippen molar-refractivity contribution in [1.29, 1.82) is 0 Å². The summed E-state index contributed by atoms with van der Waals surface area (Å²) in [6.07, 6.45) is 2.64. The zero-order chi connectivity index (χ0) is 19.3. The second-order valence-corrected chi connectivity index (χ2v) is 5.00. The monoisotopic (exact) mass is 338 g/mol. The average molecular weight is 339 g/mol. The lowest BCUT2D eigenvalue weighted by Gasteiger charge is -1.92. The second-order valence-electron chi connectivity index (χ2n) is 5.00. The Morgan fingerprint density at radius 3 is 0.960 bits per heavy atom. The van der Waals surface area contributed by atoms with E-state index in [0.717, 1.165) is 0 Å². The molecule has 0 saturated carbocycles. The van der Waals surface area contributed by atoms with Crippen LogP contribution in [-0.2, 0) is 0 Å². The van der Waals surface area contributed by atoms with Gasteiger partial charge in [0.15, 0.2) is 0 Å². The van der Waals surface area contributed by atoms with Gasteiger partial charge in [0.05, 0.1) is 0 Å². The van der Waals surface area contributed by atoms with Crippen LogP contribution in [0, 0.1) is 6.92 Å². The highest BCUT2D eigenvalue weighted by Gasteiger charge is 1.85. The summed E-state index contributed by atoms with van der Waals surface area (Å²) in [5, 5.41) is 2.62. The van der Waals surface area contributed by atoms with Gasteiger partial charge >= 0.3 is 0 Å². The third-order valence-electron chi connectivity index (χ3n) is 3.10. The van der Waals surface area contributed by atoms with Gasteiger partial charge in [0.1, 0.15) is 0 Å². The Hall–Kier alpha value is -2.08. The molecule has 0 unspecified atom stereocenters. The van der Waals surface area contributed by atoms with E-state index >= 15 is 0 Å². The topological polar surface area (TPSA) is 0 Å². The van der Waals surface area contributed by atoms with Crippen LogP contribution in [0.25, 0.3) is 10.8 Å². The summed E-state index contributed by atoms with van der Waals surface area (Å²) in [5.41, 5.74) is 1.32. The fourth-order valence-corrected chi connectivity index (χ4v) is 1.67. The standard InChI is InChI=1S/C10H8.C7H8.C4H10.2C2H6/c1-2-6-10-8-4-3-7-9(10)5-1;1-7-5-3-2-4-6-7;1-3-4-2;2*1-2/h1-8H;2-6H,1H3;3-4H2,1-2H3;2*1-2H3. The smallest absolute Gasteiger partial charge is 0.0184 e. The van der Waals surface area contributed by atoms with Crippen LogP contribution in [0.5, 0.6) is 0 Å². The summed E-state index contributed by atoms with van der Waals surface area (Å²) in [7, 11) is 0. The summed E-state index contributed by atoms with van der Waals surface area (Å²) in [6.45, 7) is 14.4. The van der Waals surface area contributed by atoms with Gasteiger partial charge in [-0.15, -0.1) is 0 Å². The first-order valence-corrected chi connectivity index (χ1v) is 9.73. The van der Waals surface area contributed by atoms with Gasteiger partial charge < -0.3 is 0 Å². The van der Waals surface area contributed by atoms with Crippen LogP contribution < -0.4 is 0 Å². The van der Waals surface area contributed by atoms with E-state index in [1.165, 1.54) is 29.2 Å². The molecule has 0 nitrogen and oxygen atoms in total. The van der Waals surface area contributed by atoms with Crippen LogP contribution in [-0.4, -0.2) is 0 Å². The maximum absolute atomic E-state index is 2.18. The van der Waals surface area contributed by atoms with Gasteiger partial charge in [-0.05, 0) is 17.7 Å². The molecule has 0 heteroatoms. The van der Waals surface area contributed by atoms with Crippen molar-refractivity contribution in [2.24, 2.45) is 0 Å². The van der Waals surface area contributed by atoms with Crippen molar-refractivity contribution >= 4 is 10.8 Å². The van der Waals surface area contributed by atoms with Crippen LogP contribution in [0.4, 0.5) is 0 Å². The first kappa shape index (κ1) is 25.2. The lowest BCUT2D eigenvalue weighted by atomic mass is 10.1. The molecule has 0 atom stereocenters. The number of aryl methyl sites for hydroxylation is 1. The number of hydrogen-bond acceptors (Lipinski definition) is 0. The zero-order valence-electron chi connectivity index (χ0n) is 17.4. The average Bonchev–Trinajstić information content (AvgIpc) is 2.72. The van der Waals surface area contributed by atoms with Gasteiger partial charge in [-0.2, -0.15) is 0 Å². The number of hydrogen-bond donors (Lipinski definition) is 0. The first-order valence-electron chi connectivity index (χ1n) is 9.73. The fraction of sp³-hybridized carbons (Fsp3) is 0.360. The molecule has 0 radical (unpaired) electrons. The van der Waals surface area contributed by atoms with Crippen LogP contribution in [0.1, 0.15) is 59.9 Å². The largest absolute Gasteiger partial charge is 0.0683 e. The second kappa shape index (κ2) is 20.0. The van der Waals surface area contributed by atoms with Crippen molar-refractivity contribution in [3.63, 3.8) is 0 Å². The highest BCUT2D eigenvalue weighted by molar-refractivity contribution is 5.81. The third kappa shape index (κ3) is 14.0. The molecule has 0 amide bonds. The van der Waals surface area contributed by atoms with E-state index in [1.54, 1.807) is 0 Å².